The number of benzene rings is 1. The molecule has 3 heterocycles. The minimum atomic E-state index is -0.516. The summed E-state index contributed by atoms with van der Waals surface area (Å²) in [7, 11) is 0. The Morgan fingerprint density at radius 3 is 2.86 bits per heavy atom. The molecule has 0 radical (unpaired) electrons. The number of carbonyl (C=O) groups excluding carboxylic acids is 1. The summed E-state index contributed by atoms with van der Waals surface area (Å²) in [4.78, 5) is 27.1. The van der Waals surface area contributed by atoms with Crippen LogP contribution >= 0.6 is 0 Å². The average molecular weight is 377 g/mol. The Morgan fingerprint density at radius 2 is 2.11 bits per heavy atom. The van der Waals surface area contributed by atoms with Crippen LogP contribution in [0.25, 0.3) is 11.0 Å². The molecule has 0 aliphatic carbocycles. The molecule has 0 fully saturated rings. The number of imidazole rings is 1. The van der Waals surface area contributed by atoms with Crippen LogP contribution in [0.1, 0.15) is 51.2 Å². The van der Waals surface area contributed by atoms with E-state index in [2.05, 4.69) is 39.3 Å². The minimum absolute atomic E-state index is 0.182. The van der Waals surface area contributed by atoms with Crippen molar-refractivity contribution in [1.29, 1.82) is 0 Å². The number of rotatable bonds is 7. The maximum Gasteiger partial charge on any atom is 0.237 e. The van der Waals surface area contributed by atoms with Gasteiger partial charge in [0.05, 0.1) is 22.1 Å². The first-order chi connectivity index (χ1) is 13.5. The van der Waals surface area contributed by atoms with E-state index in [9.17, 15) is 4.79 Å². The Balaban J connectivity index is 1.62. The highest BCUT2D eigenvalue weighted by Gasteiger charge is 2.43. The van der Waals surface area contributed by atoms with Crippen LogP contribution in [0.4, 0.5) is 11.6 Å². The quantitative estimate of drug-likeness (QED) is 0.599. The molecule has 1 aromatic carbocycles. The Bertz CT molecular complexity index is 993. The Hall–Kier alpha value is -2.89. The van der Waals surface area contributed by atoms with E-state index in [-0.39, 0.29) is 5.91 Å². The van der Waals surface area contributed by atoms with Crippen molar-refractivity contribution in [2.24, 2.45) is 0 Å². The number of anilines is 2. The largest absolute Gasteiger partial charge is 0.352 e. The fourth-order valence-corrected chi connectivity index (χ4v) is 3.85. The van der Waals surface area contributed by atoms with Crippen LogP contribution in [0.2, 0.25) is 0 Å². The summed E-state index contributed by atoms with van der Waals surface area (Å²) in [5, 5.41) is 3.32. The molecule has 1 aliphatic rings. The standard InChI is InChI=1S/C22H27N5O/c1-4-5-6-10-27-19-12-18-17(11-16(19)22(2,3)20(27)28)25-21(26-18)24-14-15-8-7-9-23-13-15/h7-9,11-13H,4-6,10,14H2,1-3H3,(H2,24,25,26). The van der Waals surface area contributed by atoms with Crippen molar-refractivity contribution in [1.82, 2.24) is 15.0 Å². The summed E-state index contributed by atoms with van der Waals surface area (Å²) in [5.41, 5.74) is 4.48. The molecular formula is C22H27N5O. The molecular weight excluding hydrogens is 350 g/mol. The highest BCUT2D eigenvalue weighted by molar-refractivity contribution is 6.09. The van der Waals surface area contributed by atoms with Crippen LogP contribution in [0, 0.1) is 0 Å². The van der Waals surface area contributed by atoms with Crippen molar-refractivity contribution in [3.8, 4) is 0 Å². The lowest BCUT2D eigenvalue weighted by atomic mass is 9.86. The van der Waals surface area contributed by atoms with Gasteiger partial charge in [-0.25, -0.2) is 4.98 Å². The number of nitrogens with one attached hydrogen (secondary N) is 2. The second kappa shape index (κ2) is 7.26. The van der Waals surface area contributed by atoms with Gasteiger partial charge in [0.2, 0.25) is 11.9 Å². The third-order valence-corrected chi connectivity index (χ3v) is 5.51. The number of aromatic nitrogens is 3. The average Bonchev–Trinajstić information content (AvgIpc) is 3.18. The minimum Gasteiger partial charge on any atom is -0.352 e. The summed E-state index contributed by atoms with van der Waals surface area (Å²) in [5.74, 6) is 0.908. The molecule has 0 atom stereocenters. The van der Waals surface area contributed by atoms with Crippen molar-refractivity contribution in [3.63, 3.8) is 0 Å². The number of carbonyl (C=O) groups is 1. The van der Waals surface area contributed by atoms with Crippen LogP contribution < -0.4 is 10.2 Å². The fourth-order valence-electron chi connectivity index (χ4n) is 3.85. The van der Waals surface area contributed by atoms with E-state index in [0.29, 0.717) is 6.54 Å². The summed E-state index contributed by atoms with van der Waals surface area (Å²) in [6, 6.07) is 8.09. The molecule has 2 N–H and O–H groups in total. The predicted octanol–water partition coefficient (Wildman–Crippen LogP) is 4.38. The zero-order valence-electron chi connectivity index (χ0n) is 16.7. The first-order valence-corrected chi connectivity index (χ1v) is 9.99. The zero-order valence-corrected chi connectivity index (χ0v) is 16.7. The molecule has 0 bridgehead atoms. The second-order valence-electron chi connectivity index (χ2n) is 7.98. The number of pyridine rings is 1. The number of fused-ring (bicyclic) bond motifs is 2. The third-order valence-electron chi connectivity index (χ3n) is 5.51. The number of nitrogens with zero attached hydrogens (tertiary/aromatic N) is 3. The van der Waals surface area contributed by atoms with Crippen molar-refractivity contribution < 1.29 is 4.79 Å². The van der Waals surface area contributed by atoms with Gasteiger partial charge in [-0.3, -0.25) is 9.78 Å². The van der Waals surface area contributed by atoms with E-state index >= 15 is 0 Å². The Kier molecular flexibility index (Phi) is 4.79. The monoisotopic (exact) mass is 377 g/mol. The molecule has 3 aromatic rings. The maximum atomic E-state index is 13.0. The van der Waals surface area contributed by atoms with E-state index in [1.165, 1.54) is 0 Å². The van der Waals surface area contributed by atoms with E-state index in [1.807, 2.05) is 37.1 Å². The fraction of sp³-hybridized carbons (Fsp3) is 0.409. The number of unbranched alkanes of at least 4 members (excludes halogenated alkanes) is 2. The van der Waals surface area contributed by atoms with Gasteiger partial charge in [0.15, 0.2) is 0 Å². The van der Waals surface area contributed by atoms with Crippen molar-refractivity contribution in [2.45, 2.75) is 52.0 Å². The van der Waals surface area contributed by atoms with E-state index < -0.39 is 5.41 Å². The molecule has 0 saturated heterocycles. The van der Waals surface area contributed by atoms with Crippen LogP contribution in [0.3, 0.4) is 0 Å². The molecule has 1 amide bonds. The van der Waals surface area contributed by atoms with Gasteiger partial charge in [0.25, 0.3) is 0 Å². The van der Waals surface area contributed by atoms with E-state index in [4.69, 9.17) is 0 Å². The molecule has 4 rings (SSSR count). The zero-order chi connectivity index (χ0) is 19.7. The van der Waals surface area contributed by atoms with Crippen molar-refractivity contribution in [2.75, 3.05) is 16.8 Å². The summed E-state index contributed by atoms with van der Waals surface area (Å²) >= 11 is 0. The van der Waals surface area contributed by atoms with Gasteiger partial charge >= 0.3 is 0 Å². The number of amides is 1. The summed E-state index contributed by atoms with van der Waals surface area (Å²) < 4.78 is 0. The lowest BCUT2D eigenvalue weighted by Gasteiger charge is -2.20. The van der Waals surface area contributed by atoms with Gasteiger partial charge in [-0.05, 0) is 49.6 Å². The van der Waals surface area contributed by atoms with Crippen LogP contribution in [-0.2, 0) is 16.8 Å². The van der Waals surface area contributed by atoms with Gasteiger partial charge in [-0.1, -0.05) is 25.8 Å². The Morgan fingerprint density at radius 1 is 1.25 bits per heavy atom. The molecule has 0 spiro atoms. The third kappa shape index (κ3) is 3.23. The highest BCUT2D eigenvalue weighted by Crippen LogP contribution is 2.43. The van der Waals surface area contributed by atoms with Crippen LogP contribution in [0.15, 0.2) is 36.7 Å². The number of hydrogen-bond donors (Lipinski definition) is 2. The van der Waals surface area contributed by atoms with Crippen LogP contribution in [-0.4, -0.2) is 27.4 Å². The second-order valence-corrected chi connectivity index (χ2v) is 7.98. The van der Waals surface area contributed by atoms with E-state index in [1.54, 1.807) is 6.20 Å². The molecule has 0 saturated carbocycles. The van der Waals surface area contributed by atoms with Crippen molar-refractivity contribution in [3.05, 3.63) is 47.8 Å². The first kappa shape index (κ1) is 18.5. The Labute approximate surface area is 165 Å². The molecule has 6 nitrogen and oxygen atoms in total. The first-order valence-electron chi connectivity index (χ1n) is 9.99. The topological polar surface area (TPSA) is 73.9 Å². The number of aromatic amines is 1. The van der Waals surface area contributed by atoms with Gasteiger partial charge in [-0.15, -0.1) is 0 Å². The molecule has 1 aliphatic heterocycles. The smallest absolute Gasteiger partial charge is 0.237 e. The SMILES string of the molecule is CCCCCN1C(=O)C(C)(C)c2cc3nc(NCc4cccnc4)[nH]c3cc21. The summed E-state index contributed by atoms with van der Waals surface area (Å²) in [6.45, 7) is 7.62. The molecule has 28 heavy (non-hydrogen) atoms. The molecule has 6 heteroatoms. The molecule has 0 unspecified atom stereocenters. The van der Waals surface area contributed by atoms with Crippen molar-refractivity contribution >= 4 is 28.6 Å². The van der Waals surface area contributed by atoms with Gasteiger partial charge in [0.1, 0.15) is 0 Å². The van der Waals surface area contributed by atoms with E-state index in [0.717, 1.165) is 59.6 Å². The lowest BCUT2D eigenvalue weighted by Crippen LogP contribution is -2.36. The van der Waals surface area contributed by atoms with Gasteiger partial charge in [-0.2, -0.15) is 0 Å². The predicted molar refractivity (Wildman–Crippen MR) is 113 cm³/mol. The normalized spacial score (nSPS) is 15.2. The van der Waals surface area contributed by atoms with Crippen LogP contribution in [0.5, 0.6) is 0 Å². The molecule has 2 aromatic heterocycles. The lowest BCUT2D eigenvalue weighted by molar-refractivity contribution is -0.122. The number of hydrogen-bond acceptors (Lipinski definition) is 4. The highest BCUT2D eigenvalue weighted by atomic mass is 16.2. The molecule has 146 valence electrons. The number of H-pyrrole nitrogens is 1. The van der Waals surface area contributed by atoms with Gasteiger partial charge in [0, 0.05) is 25.5 Å². The summed E-state index contributed by atoms with van der Waals surface area (Å²) in [6.07, 6.45) is 6.91. The van der Waals surface area contributed by atoms with Gasteiger partial charge < -0.3 is 15.2 Å². The maximum absolute atomic E-state index is 13.0.